The summed E-state index contributed by atoms with van der Waals surface area (Å²) in [7, 11) is 0. The second-order valence-corrected chi connectivity index (χ2v) is 8.50. The number of hydrogen-bond donors (Lipinski definition) is 0. The van der Waals surface area contributed by atoms with Crippen LogP contribution in [0.3, 0.4) is 0 Å². The molecule has 0 unspecified atom stereocenters. The van der Waals surface area contributed by atoms with Crippen molar-refractivity contribution < 1.29 is 30.7 Å². The second-order valence-electron chi connectivity index (χ2n) is 7.21. The van der Waals surface area contributed by atoms with Crippen LogP contribution in [0.1, 0.15) is 17.1 Å². The molecule has 4 aromatic rings. The molecule has 4 rings (SSSR count). The molecular formula is C22H14Cl3F7N4. The average Bonchev–Trinajstić information content (AvgIpc) is 3.44. The van der Waals surface area contributed by atoms with Crippen molar-refractivity contribution in [1.29, 1.82) is 0 Å². The Hall–Kier alpha value is -2.76. The molecule has 0 amide bonds. The predicted octanol–water partition coefficient (Wildman–Crippen LogP) is 8.30. The first kappa shape index (κ1) is 27.8. The fourth-order valence-electron chi connectivity index (χ4n) is 2.97. The monoisotopic (exact) mass is 572 g/mol. The summed E-state index contributed by atoms with van der Waals surface area (Å²) in [6, 6.07) is 11.2. The molecule has 14 heteroatoms. The highest BCUT2D eigenvalue weighted by Gasteiger charge is 2.58. The van der Waals surface area contributed by atoms with Crippen molar-refractivity contribution in [3.05, 3.63) is 94.5 Å². The average molecular weight is 574 g/mol. The molecule has 0 radical (unpaired) electrons. The summed E-state index contributed by atoms with van der Waals surface area (Å²) >= 11 is 15.9. The van der Waals surface area contributed by atoms with Gasteiger partial charge in [0.1, 0.15) is 11.5 Å². The molecule has 2 heterocycles. The topological polar surface area (TPSA) is 35.6 Å². The van der Waals surface area contributed by atoms with Gasteiger partial charge in [-0.1, -0.05) is 41.4 Å². The maximum atomic E-state index is 13.6. The first-order chi connectivity index (χ1) is 16.6. The maximum absolute atomic E-state index is 13.6. The molecule has 0 fully saturated rings. The normalized spacial score (nSPS) is 12.3. The highest BCUT2D eigenvalue weighted by atomic mass is 35.5. The van der Waals surface area contributed by atoms with Gasteiger partial charge in [0.05, 0.1) is 27.6 Å². The third-order valence-corrected chi connectivity index (χ3v) is 5.52. The van der Waals surface area contributed by atoms with Gasteiger partial charge in [0.2, 0.25) is 0 Å². The number of imidazole rings is 2. The fourth-order valence-corrected chi connectivity index (χ4v) is 3.73. The van der Waals surface area contributed by atoms with E-state index in [0.29, 0.717) is 18.3 Å². The Morgan fingerprint density at radius 1 is 0.889 bits per heavy atom. The Morgan fingerprint density at radius 2 is 1.47 bits per heavy atom. The summed E-state index contributed by atoms with van der Waals surface area (Å²) in [6.07, 6.45) is 1.22. The summed E-state index contributed by atoms with van der Waals surface area (Å²) in [5.74, 6) is -5.09. The minimum absolute atomic E-state index is 0.265. The van der Waals surface area contributed by atoms with E-state index in [9.17, 15) is 30.7 Å². The zero-order valence-corrected chi connectivity index (χ0v) is 20.2. The van der Waals surface area contributed by atoms with Crippen molar-refractivity contribution in [2.75, 3.05) is 0 Å². The van der Waals surface area contributed by atoms with Crippen LogP contribution in [0.25, 0.3) is 11.4 Å². The molecular weight excluding hydrogens is 560 g/mol. The van der Waals surface area contributed by atoms with Gasteiger partial charge in [0.25, 0.3) is 0 Å². The minimum atomic E-state index is -4.92. The van der Waals surface area contributed by atoms with E-state index in [2.05, 4.69) is 21.6 Å². The molecule has 36 heavy (non-hydrogen) atoms. The molecule has 2 aromatic heterocycles. The van der Waals surface area contributed by atoms with E-state index in [4.69, 9.17) is 23.2 Å². The number of alkyl halides is 8. The van der Waals surface area contributed by atoms with Gasteiger partial charge >= 0.3 is 17.5 Å². The van der Waals surface area contributed by atoms with Crippen LogP contribution >= 0.6 is 34.8 Å². The molecule has 0 aliphatic heterocycles. The van der Waals surface area contributed by atoms with Crippen LogP contribution in [-0.2, 0) is 12.1 Å². The van der Waals surface area contributed by atoms with E-state index in [1.807, 2.05) is 41.1 Å². The van der Waals surface area contributed by atoms with Crippen molar-refractivity contribution in [2.24, 2.45) is 0 Å². The largest absolute Gasteiger partial charge is 0.416 e. The quantitative estimate of drug-likeness (QED) is 0.182. The molecule has 0 saturated carbocycles. The highest BCUT2D eigenvalue weighted by molar-refractivity contribution is 6.37. The lowest BCUT2D eigenvalue weighted by molar-refractivity contribution is -0.166. The number of para-hydroxylation sites is 1. The Balaban J connectivity index is 0.000000270. The first-order valence-electron chi connectivity index (χ1n) is 9.74. The predicted molar refractivity (Wildman–Crippen MR) is 122 cm³/mol. The number of nitrogens with zero attached hydrogens (tertiary/aromatic N) is 4. The van der Waals surface area contributed by atoms with Gasteiger partial charge in [-0.3, -0.25) is 0 Å². The molecule has 0 aliphatic carbocycles. The smallest absolute Gasteiger partial charge is 0.306 e. The molecule has 4 nitrogen and oxygen atoms in total. The summed E-state index contributed by atoms with van der Waals surface area (Å²) in [5.41, 5.74) is -1.73. The second kappa shape index (κ2) is 10.3. The zero-order chi connectivity index (χ0) is 26.9. The van der Waals surface area contributed by atoms with Crippen molar-refractivity contribution in [3.63, 3.8) is 0 Å². The maximum Gasteiger partial charge on any atom is 0.416 e. The fraction of sp³-hybridized carbons (Fsp3) is 0.182. The molecule has 0 aliphatic rings. The first-order valence-corrected chi connectivity index (χ1v) is 10.9. The van der Waals surface area contributed by atoms with Crippen LogP contribution in [0, 0.1) is 6.92 Å². The van der Waals surface area contributed by atoms with Crippen LogP contribution in [0.4, 0.5) is 30.7 Å². The van der Waals surface area contributed by atoms with Gasteiger partial charge in [0, 0.05) is 24.3 Å². The lowest BCUT2D eigenvalue weighted by Gasteiger charge is -2.18. The molecule has 0 spiro atoms. The van der Waals surface area contributed by atoms with Crippen LogP contribution in [0.15, 0.2) is 67.4 Å². The van der Waals surface area contributed by atoms with Crippen molar-refractivity contribution in [3.8, 4) is 11.4 Å². The van der Waals surface area contributed by atoms with Gasteiger partial charge < -0.3 is 9.13 Å². The van der Waals surface area contributed by atoms with Gasteiger partial charge in [-0.15, -0.1) is 0 Å². The third kappa shape index (κ3) is 5.96. The SMILES string of the molecule is Cc1nc(C(F)(F)C(F)(F)Cl)cn1-c1c(Cl)cc(C(F)(F)F)cc1Cl.c1ccc(-n2ccnc2)cc1. The zero-order valence-electron chi connectivity index (χ0n) is 17.9. The van der Waals surface area contributed by atoms with Crippen LogP contribution < -0.4 is 0 Å². The van der Waals surface area contributed by atoms with E-state index >= 15 is 0 Å². The standard InChI is InChI=1S/C13H6Cl3F7N2.C9H8N2/c1-5-24-9(11(17,18)13(16,22)23)4-25(5)10-7(14)2-6(3-8(10)15)12(19,20)21;1-2-4-9(5-3-1)11-7-6-10-8-11/h2-4H,1H3;1-8H. The third-order valence-electron chi connectivity index (χ3n) is 4.70. The molecule has 0 atom stereocenters. The number of aromatic nitrogens is 4. The Kier molecular flexibility index (Phi) is 7.97. The number of hydrogen-bond acceptors (Lipinski definition) is 2. The highest BCUT2D eigenvalue weighted by Crippen LogP contribution is 2.46. The lowest BCUT2D eigenvalue weighted by atomic mass is 10.2. The van der Waals surface area contributed by atoms with E-state index < -0.39 is 38.8 Å². The van der Waals surface area contributed by atoms with Crippen molar-refractivity contribution >= 4 is 34.8 Å². The molecule has 192 valence electrons. The van der Waals surface area contributed by atoms with Crippen molar-refractivity contribution in [2.45, 2.75) is 24.4 Å². The lowest BCUT2D eigenvalue weighted by Crippen LogP contribution is -2.33. The van der Waals surface area contributed by atoms with Crippen molar-refractivity contribution in [1.82, 2.24) is 19.1 Å². The summed E-state index contributed by atoms with van der Waals surface area (Å²) in [6.45, 7) is 1.15. The Labute approximate surface area is 214 Å². The molecule has 0 N–H and O–H groups in total. The van der Waals surface area contributed by atoms with Crippen LogP contribution in [0.2, 0.25) is 10.0 Å². The Morgan fingerprint density at radius 3 is 1.94 bits per heavy atom. The molecule has 2 aromatic carbocycles. The number of rotatable bonds is 4. The van der Waals surface area contributed by atoms with Gasteiger partial charge in [-0.05, 0) is 42.8 Å². The van der Waals surface area contributed by atoms with Gasteiger partial charge in [-0.25, -0.2) is 9.97 Å². The van der Waals surface area contributed by atoms with Gasteiger partial charge in [0.15, 0.2) is 0 Å². The number of benzene rings is 2. The van der Waals surface area contributed by atoms with Gasteiger partial charge in [-0.2, -0.15) is 30.7 Å². The van der Waals surface area contributed by atoms with E-state index in [0.717, 1.165) is 17.2 Å². The summed E-state index contributed by atoms with van der Waals surface area (Å²) in [5, 5.41) is -5.99. The van der Waals surface area contributed by atoms with Crippen LogP contribution in [0.5, 0.6) is 0 Å². The molecule has 0 bridgehead atoms. The number of halogens is 10. The van der Waals surface area contributed by atoms with E-state index in [-0.39, 0.29) is 11.5 Å². The summed E-state index contributed by atoms with van der Waals surface area (Å²) < 4.78 is 93.9. The summed E-state index contributed by atoms with van der Waals surface area (Å²) in [4.78, 5) is 7.25. The van der Waals surface area contributed by atoms with E-state index in [1.54, 1.807) is 12.5 Å². The Bertz CT molecular complexity index is 1290. The number of aryl methyl sites for hydroxylation is 1. The molecule has 0 saturated heterocycles. The van der Waals surface area contributed by atoms with E-state index in [1.165, 1.54) is 0 Å². The minimum Gasteiger partial charge on any atom is -0.306 e. The van der Waals surface area contributed by atoms with Crippen LogP contribution in [-0.4, -0.2) is 24.5 Å².